The molecule has 1 aromatic heterocycles. The number of hydrogen-bond donors (Lipinski definition) is 0. The van der Waals surface area contributed by atoms with Crippen molar-refractivity contribution in [3.63, 3.8) is 0 Å². The highest BCUT2D eigenvalue weighted by Gasteiger charge is 2.23. The average molecular weight is 317 g/mol. The van der Waals surface area contributed by atoms with Crippen LogP contribution in [0.5, 0.6) is 0 Å². The summed E-state index contributed by atoms with van der Waals surface area (Å²) >= 11 is 5.98. The highest BCUT2D eigenvalue weighted by molar-refractivity contribution is 6.29. The van der Waals surface area contributed by atoms with Gasteiger partial charge in [-0.15, -0.1) is 0 Å². The first-order valence-electron chi connectivity index (χ1n) is 7.68. The van der Waals surface area contributed by atoms with E-state index >= 15 is 0 Å². The van der Waals surface area contributed by atoms with Crippen molar-refractivity contribution in [3.8, 4) is 0 Å². The molecule has 1 aliphatic rings. The highest BCUT2D eigenvalue weighted by Crippen LogP contribution is 2.24. The molecular weight excluding hydrogens is 296 g/mol. The summed E-state index contributed by atoms with van der Waals surface area (Å²) in [5.41, 5.74) is 2.31. The molecular formula is C17H21ClN4. The van der Waals surface area contributed by atoms with Gasteiger partial charge in [-0.2, -0.15) is 0 Å². The van der Waals surface area contributed by atoms with E-state index < -0.39 is 0 Å². The molecule has 5 heteroatoms. The Kier molecular flexibility index (Phi) is 4.60. The summed E-state index contributed by atoms with van der Waals surface area (Å²) in [5, 5.41) is 0.459. The largest absolute Gasteiger partial charge is 0.352 e. The van der Waals surface area contributed by atoms with Crippen LogP contribution in [0.1, 0.15) is 24.2 Å². The molecule has 116 valence electrons. The molecule has 0 bridgehead atoms. The van der Waals surface area contributed by atoms with Crippen LogP contribution in [0.25, 0.3) is 0 Å². The molecule has 0 aliphatic carbocycles. The number of nitrogens with zero attached hydrogens (tertiary/aromatic N) is 4. The van der Waals surface area contributed by atoms with Gasteiger partial charge < -0.3 is 4.90 Å². The number of aromatic nitrogens is 2. The van der Waals surface area contributed by atoms with E-state index in [2.05, 4.69) is 57.0 Å². The minimum absolute atomic E-state index is 0.440. The zero-order chi connectivity index (χ0) is 15.5. The molecule has 1 aromatic carbocycles. The van der Waals surface area contributed by atoms with Crippen molar-refractivity contribution in [2.45, 2.75) is 19.9 Å². The van der Waals surface area contributed by atoms with Gasteiger partial charge in [0, 0.05) is 32.2 Å². The van der Waals surface area contributed by atoms with Gasteiger partial charge in [0.05, 0.1) is 11.9 Å². The second-order valence-corrected chi connectivity index (χ2v) is 6.10. The minimum atomic E-state index is 0.440. The maximum absolute atomic E-state index is 5.98. The normalized spacial score (nSPS) is 17.5. The van der Waals surface area contributed by atoms with Crippen LogP contribution in [0.15, 0.2) is 36.5 Å². The molecule has 1 unspecified atom stereocenters. The molecule has 2 aromatic rings. The topological polar surface area (TPSA) is 32.3 Å². The Balaban J connectivity index is 1.66. The molecule has 0 amide bonds. The Bertz CT molecular complexity index is 624. The van der Waals surface area contributed by atoms with Gasteiger partial charge in [-0.25, -0.2) is 4.98 Å². The minimum Gasteiger partial charge on any atom is -0.352 e. The first-order chi connectivity index (χ1) is 10.6. The van der Waals surface area contributed by atoms with Crippen molar-refractivity contribution in [2.24, 2.45) is 0 Å². The van der Waals surface area contributed by atoms with Gasteiger partial charge in [0.25, 0.3) is 0 Å². The Morgan fingerprint density at radius 3 is 2.45 bits per heavy atom. The summed E-state index contributed by atoms with van der Waals surface area (Å²) < 4.78 is 0. The molecule has 3 rings (SSSR count). The fraction of sp³-hybridized carbons (Fsp3) is 0.412. The summed E-state index contributed by atoms with van der Waals surface area (Å²) in [6, 6.07) is 11.1. The lowest BCUT2D eigenvalue weighted by Crippen LogP contribution is -2.47. The summed E-state index contributed by atoms with van der Waals surface area (Å²) in [6.45, 7) is 8.19. The van der Waals surface area contributed by atoms with Gasteiger partial charge in [-0.05, 0) is 19.4 Å². The molecule has 2 heterocycles. The van der Waals surface area contributed by atoms with Crippen LogP contribution in [0, 0.1) is 6.92 Å². The zero-order valence-corrected chi connectivity index (χ0v) is 13.8. The number of halogens is 1. The van der Waals surface area contributed by atoms with E-state index in [-0.39, 0.29) is 0 Å². The predicted octanol–water partition coefficient (Wildman–Crippen LogP) is 3.32. The first kappa shape index (κ1) is 15.3. The van der Waals surface area contributed by atoms with Gasteiger partial charge in [0.2, 0.25) is 0 Å². The number of aryl methyl sites for hydroxylation is 1. The number of hydrogen-bond acceptors (Lipinski definition) is 4. The SMILES string of the molecule is Cc1ncc(Cl)nc1N1CCN(C(C)c2ccccc2)CC1. The Hall–Kier alpha value is -1.65. The van der Waals surface area contributed by atoms with E-state index in [4.69, 9.17) is 11.6 Å². The lowest BCUT2D eigenvalue weighted by Gasteiger charge is -2.39. The fourth-order valence-electron chi connectivity index (χ4n) is 2.98. The molecule has 1 aliphatic heterocycles. The highest BCUT2D eigenvalue weighted by atomic mass is 35.5. The van der Waals surface area contributed by atoms with Crippen LogP contribution in [0.4, 0.5) is 5.82 Å². The van der Waals surface area contributed by atoms with E-state index in [1.54, 1.807) is 6.20 Å². The van der Waals surface area contributed by atoms with Crippen molar-refractivity contribution in [2.75, 3.05) is 31.1 Å². The van der Waals surface area contributed by atoms with Crippen molar-refractivity contribution in [1.82, 2.24) is 14.9 Å². The Morgan fingerprint density at radius 2 is 1.77 bits per heavy atom. The molecule has 1 saturated heterocycles. The maximum Gasteiger partial charge on any atom is 0.151 e. The molecule has 1 fully saturated rings. The molecule has 0 radical (unpaired) electrons. The number of anilines is 1. The number of benzene rings is 1. The van der Waals surface area contributed by atoms with Crippen LogP contribution in [0.3, 0.4) is 0 Å². The molecule has 1 atom stereocenters. The standard InChI is InChI=1S/C17H21ClN4/c1-13-17(20-16(18)12-19-13)22-10-8-21(9-11-22)14(2)15-6-4-3-5-7-15/h3-7,12,14H,8-11H2,1-2H3. The summed E-state index contributed by atoms with van der Waals surface area (Å²) in [7, 11) is 0. The van der Waals surface area contributed by atoms with Crippen LogP contribution < -0.4 is 4.90 Å². The summed E-state index contributed by atoms with van der Waals surface area (Å²) in [5.74, 6) is 0.916. The fourth-order valence-corrected chi connectivity index (χ4v) is 3.11. The van der Waals surface area contributed by atoms with E-state index in [0.29, 0.717) is 11.2 Å². The Morgan fingerprint density at radius 1 is 1.09 bits per heavy atom. The van der Waals surface area contributed by atoms with E-state index in [1.165, 1.54) is 5.56 Å². The monoisotopic (exact) mass is 316 g/mol. The van der Waals surface area contributed by atoms with Crippen LogP contribution in [-0.2, 0) is 0 Å². The van der Waals surface area contributed by atoms with Crippen molar-refractivity contribution in [1.29, 1.82) is 0 Å². The molecule has 0 saturated carbocycles. The maximum atomic E-state index is 5.98. The summed E-state index contributed by atoms with van der Waals surface area (Å²) in [4.78, 5) is 13.5. The number of rotatable bonds is 3. The van der Waals surface area contributed by atoms with Crippen LogP contribution >= 0.6 is 11.6 Å². The van der Waals surface area contributed by atoms with Crippen molar-refractivity contribution >= 4 is 17.4 Å². The molecule has 0 N–H and O–H groups in total. The van der Waals surface area contributed by atoms with Crippen LogP contribution in [0.2, 0.25) is 5.15 Å². The lowest BCUT2D eigenvalue weighted by molar-refractivity contribution is 0.198. The molecule has 4 nitrogen and oxygen atoms in total. The molecule has 0 spiro atoms. The van der Waals surface area contributed by atoms with E-state index in [0.717, 1.165) is 37.7 Å². The van der Waals surface area contributed by atoms with Gasteiger partial charge in [-0.1, -0.05) is 41.9 Å². The van der Waals surface area contributed by atoms with Crippen molar-refractivity contribution in [3.05, 3.63) is 52.9 Å². The third-order valence-corrected chi connectivity index (χ3v) is 4.53. The van der Waals surface area contributed by atoms with Gasteiger partial charge in [0.1, 0.15) is 5.15 Å². The number of piperazine rings is 1. The predicted molar refractivity (Wildman–Crippen MR) is 90.4 cm³/mol. The van der Waals surface area contributed by atoms with E-state index in [9.17, 15) is 0 Å². The van der Waals surface area contributed by atoms with Crippen molar-refractivity contribution < 1.29 is 0 Å². The molecule has 22 heavy (non-hydrogen) atoms. The third-order valence-electron chi connectivity index (χ3n) is 4.34. The average Bonchev–Trinajstić information content (AvgIpc) is 2.57. The van der Waals surface area contributed by atoms with E-state index in [1.807, 2.05) is 6.92 Å². The third kappa shape index (κ3) is 3.23. The van der Waals surface area contributed by atoms with Crippen LogP contribution in [-0.4, -0.2) is 41.0 Å². The first-order valence-corrected chi connectivity index (χ1v) is 8.06. The smallest absolute Gasteiger partial charge is 0.151 e. The summed E-state index contributed by atoms with van der Waals surface area (Å²) in [6.07, 6.45) is 1.61. The lowest BCUT2D eigenvalue weighted by atomic mass is 10.1. The second kappa shape index (κ2) is 6.63. The zero-order valence-electron chi connectivity index (χ0n) is 13.0. The van der Waals surface area contributed by atoms with Gasteiger partial charge >= 0.3 is 0 Å². The van der Waals surface area contributed by atoms with Gasteiger partial charge in [0.15, 0.2) is 5.82 Å². The quantitative estimate of drug-likeness (QED) is 0.869. The Labute approximate surface area is 136 Å². The second-order valence-electron chi connectivity index (χ2n) is 5.71. The van der Waals surface area contributed by atoms with Gasteiger partial charge in [-0.3, -0.25) is 9.88 Å².